The Hall–Kier alpha value is -1.85. The lowest BCUT2D eigenvalue weighted by atomic mass is 9.80. The van der Waals surface area contributed by atoms with Gasteiger partial charge in [-0.2, -0.15) is 0 Å². The van der Waals surface area contributed by atoms with Gasteiger partial charge in [0.25, 0.3) is 0 Å². The minimum Gasteiger partial charge on any atom is -0.298 e. The molecular weight excluding hydrogens is 356 g/mol. The zero-order chi connectivity index (χ0) is 19.2. The van der Waals surface area contributed by atoms with E-state index in [4.69, 9.17) is 0 Å². The second-order valence-electron chi connectivity index (χ2n) is 8.44. The normalized spacial score (nSPS) is 27.6. The second-order valence-corrected chi connectivity index (χ2v) is 10.2. The molecule has 1 N–H and O–H groups in total. The van der Waals surface area contributed by atoms with Crippen molar-refractivity contribution in [2.45, 2.75) is 25.8 Å². The molecule has 1 saturated heterocycles. The van der Waals surface area contributed by atoms with Gasteiger partial charge in [0.05, 0.1) is 6.26 Å². The van der Waals surface area contributed by atoms with Gasteiger partial charge in [0, 0.05) is 30.7 Å². The first-order valence-electron chi connectivity index (χ1n) is 9.65. The summed E-state index contributed by atoms with van der Waals surface area (Å²) in [6.07, 6.45) is 1.20. The quantitative estimate of drug-likeness (QED) is 0.826. The molecular formula is C22H28N2O2S. The standard InChI is InChI=1S/C22H28N2O2S/c1-16(2)22(18-10-7-11-19(12-18)23-27(3,25)26)20-14-24(15-21(20)22)13-17-8-5-4-6-9-17/h4-12,16,20-21,23H,13-15H2,1-3H3. The van der Waals surface area contributed by atoms with Crippen molar-refractivity contribution < 1.29 is 8.42 Å². The van der Waals surface area contributed by atoms with Crippen molar-refractivity contribution >= 4 is 15.7 Å². The third kappa shape index (κ3) is 3.39. The molecule has 0 spiro atoms. The molecule has 1 heterocycles. The van der Waals surface area contributed by atoms with E-state index in [9.17, 15) is 8.42 Å². The lowest BCUT2D eigenvalue weighted by Crippen LogP contribution is -2.33. The second kappa shape index (κ2) is 6.64. The molecule has 1 saturated carbocycles. The molecule has 2 unspecified atom stereocenters. The fraction of sp³-hybridized carbons (Fsp3) is 0.455. The van der Waals surface area contributed by atoms with Crippen LogP contribution >= 0.6 is 0 Å². The minimum absolute atomic E-state index is 0.169. The van der Waals surface area contributed by atoms with Crippen molar-refractivity contribution in [3.8, 4) is 0 Å². The Kier molecular flexibility index (Phi) is 4.55. The Labute approximate surface area is 162 Å². The molecule has 2 fully saturated rings. The lowest BCUT2D eigenvalue weighted by Gasteiger charge is -2.30. The molecule has 0 radical (unpaired) electrons. The highest BCUT2D eigenvalue weighted by Gasteiger charge is 2.69. The molecule has 1 aliphatic carbocycles. The molecule has 144 valence electrons. The maximum Gasteiger partial charge on any atom is 0.229 e. The van der Waals surface area contributed by atoms with Crippen LogP contribution in [0.4, 0.5) is 5.69 Å². The van der Waals surface area contributed by atoms with Crippen molar-refractivity contribution in [3.05, 3.63) is 65.7 Å². The van der Waals surface area contributed by atoms with Crippen molar-refractivity contribution in [2.75, 3.05) is 24.1 Å². The largest absolute Gasteiger partial charge is 0.298 e. The number of hydrogen-bond donors (Lipinski definition) is 1. The minimum atomic E-state index is -3.26. The van der Waals surface area contributed by atoms with E-state index in [0.29, 0.717) is 23.4 Å². The van der Waals surface area contributed by atoms with Gasteiger partial charge >= 0.3 is 0 Å². The van der Waals surface area contributed by atoms with Gasteiger partial charge < -0.3 is 0 Å². The Morgan fingerprint density at radius 2 is 1.74 bits per heavy atom. The summed E-state index contributed by atoms with van der Waals surface area (Å²) in [5, 5.41) is 0. The van der Waals surface area contributed by atoms with Crippen molar-refractivity contribution in [1.82, 2.24) is 4.90 Å². The molecule has 4 nitrogen and oxygen atoms in total. The summed E-state index contributed by atoms with van der Waals surface area (Å²) in [4.78, 5) is 2.56. The van der Waals surface area contributed by atoms with Gasteiger partial charge in [-0.05, 0) is 41.0 Å². The summed E-state index contributed by atoms with van der Waals surface area (Å²) < 4.78 is 25.8. The fourth-order valence-corrected chi connectivity index (χ4v) is 5.96. The van der Waals surface area contributed by atoms with Crippen molar-refractivity contribution in [2.24, 2.45) is 17.8 Å². The van der Waals surface area contributed by atoms with Crippen LogP contribution in [-0.4, -0.2) is 32.7 Å². The van der Waals surface area contributed by atoms with Crippen molar-refractivity contribution in [3.63, 3.8) is 0 Å². The van der Waals surface area contributed by atoms with Crippen LogP contribution < -0.4 is 4.72 Å². The third-order valence-corrected chi connectivity index (χ3v) is 6.99. The van der Waals surface area contributed by atoms with Gasteiger partial charge in [0.1, 0.15) is 0 Å². The number of hydrogen-bond acceptors (Lipinski definition) is 3. The number of sulfonamides is 1. The number of nitrogens with zero attached hydrogens (tertiary/aromatic N) is 1. The first-order valence-corrected chi connectivity index (χ1v) is 11.5. The van der Waals surface area contributed by atoms with Gasteiger partial charge in [-0.25, -0.2) is 8.42 Å². The SMILES string of the molecule is CC(C)C1(c2cccc(NS(C)(=O)=O)c2)C2CN(Cc3ccccc3)CC21. The highest BCUT2D eigenvalue weighted by atomic mass is 32.2. The first-order chi connectivity index (χ1) is 12.8. The lowest BCUT2D eigenvalue weighted by molar-refractivity contribution is 0.241. The highest BCUT2D eigenvalue weighted by molar-refractivity contribution is 7.92. The molecule has 2 aromatic rings. The average molecular weight is 385 g/mol. The van der Waals surface area contributed by atoms with Gasteiger partial charge in [0.2, 0.25) is 10.0 Å². The van der Waals surface area contributed by atoms with Crippen LogP contribution in [0.1, 0.15) is 25.0 Å². The third-order valence-electron chi connectivity index (χ3n) is 6.38. The summed E-state index contributed by atoms with van der Waals surface area (Å²) in [6.45, 7) is 7.84. The molecule has 4 rings (SSSR count). The van der Waals surface area contributed by atoms with E-state index >= 15 is 0 Å². The van der Waals surface area contributed by atoms with Crippen LogP contribution in [0.15, 0.2) is 54.6 Å². The van der Waals surface area contributed by atoms with Gasteiger partial charge in [-0.1, -0.05) is 56.3 Å². The van der Waals surface area contributed by atoms with Crippen LogP contribution in [0, 0.1) is 17.8 Å². The number of likely N-dealkylation sites (tertiary alicyclic amines) is 1. The Balaban J connectivity index is 1.53. The average Bonchev–Trinajstić information content (AvgIpc) is 3.02. The van der Waals surface area contributed by atoms with Gasteiger partial charge in [0.15, 0.2) is 0 Å². The molecule has 2 aromatic carbocycles. The summed E-state index contributed by atoms with van der Waals surface area (Å²) in [7, 11) is -3.26. The highest BCUT2D eigenvalue weighted by Crippen LogP contribution is 2.67. The summed E-state index contributed by atoms with van der Waals surface area (Å²) in [5.41, 5.74) is 3.48. The maximum absolute atomic E-state index is 11.6. The predicted molar refractivity (Wildman–Crippen MR) is 110 cm³/mol. The van der Waals surface area contributed by atoms with E-state index in [1.807, 2.05) is 18.2 Å². The van der Waals surface area contributed by atoms with Crippen LogP contribution in [0.5, 0.6) is 0 Å². The zero-order valence-corrected chi connectivity index (χ0v) is 17.0. The Morgan fingerprint density at radius 3 is 2.33 bits per heavy atom. The molecule has 27 heavy (non-hydrogen) atoms. The number of anilines is 1. The topological polar surface area (TPSA) is 49.4 Å². The van der Waals surface area contributed by atoms with E-state index in [2.05, 4.69) is 59.9 Å². The van der Waals surface area contributed by atoms with E-state index in [-0.39, 0.29) is 5.41 Å². The number of piperidine rings is 1. The van der Waals surface area contributed by atoms with Crippen LogP contribution in [0.2, 0.25) is 0 Å². The monoisotopic (exact) mass is 384 g/mol. The van der Waals surface area contributed by atoms with Crippen LogP contribution in [0.3, 0.4) is 0 Å². The van der Waals surface area contributed by atoms with Crippen molar-refractivity contribution in [1.29, 1.82) is 0 Å². The zero-order valence-electron chi connectivity index (χ0n) is 16.2. The summed E-state index contributed by atoms with van der Waals surface area (Å²) in [6, 6.07) is 18.7. The fourth-order valence-electron chi connectivity index (χ4n) is 5.41. The van der Waals surface area contributed by atoms with E-state index in [1.165, 1.54) is 17.4 Å². The predicted octanol–water partition coefficient (Wildman–Crippen LogP) is 3.71. The van der Waals surface area contributed by atoms with Crippen LogP contribution in [-0.2, 0) is 22.0 Å². The molecule has 1 aliphatic heterocycles. The summed E-state index contributed by atoms with van der Waals surface area (Å²) >= 11 is 0. The van der Waals surface area contributed by atoms with Gasteiger partial charge in [-0.15, -0.1) is 0 Å². The first kappa shape index (κ1) is 18.5. The van der Waals surface area contributed by atoms with E-state index < -0.39 is 10.0 Å². The van der Waals surface area contributed by atoms with Crippen LogP contribution in [0.25, 0.3) is 0 Å². The molecule has 2 aliphatic rings. The molecule has 5 heteroatoms. The molecule has 0 bridgehead atoms. The Morgan fingerprint density at radius 1 is 1.07 bits per heavy atom. The Bertz CT molecular complexity index is 912. The number of rotatable bonds is 6. The van der Waals surface area contributed by atoms with E-state index in [1.54, 1.807) is 0 Å². The molecule has 0 amide bonds. The number of benzene rings is 2. The smallest absolute Gasteiger partial charge is 0.229 e. The van der Waals surface area contributed by atoms with E-state index in [0.717, 1.165) is 19.6 Å². The summed E-state index contributed by atoms with van der Waals surface area (Å²) in [5.74, 6) is 1.82. The number of nitrogens with one attached hydrogen (secondary N) is 1. The van der Waals surface area contributed by atoms with Gasteiger partial charge in [-0.3, -0.25) is 9.62 Å². The number of fused-ring (bicyclic) bond motifs is 1. The molecule has 2 atom stereocenters. The molecule has 0 aromatic heterocycles. The maximum atomic E-state index is 11.6.